The Morgan fingerprint density at radius 3 is 0.913 bits per heavy atom. The quantitative estimate of drug-likeness (QED) is 0.0490. The smallest absolute Gasteiger partial charge is 0.196 e. The molecule has 0 atom stereocenters. The fourth-order valence-electron chi connectivity index (χ4n) is 5.33. The molecule has 6 aromatic rings. The van der Waals surface area contributed by atoms with E-state index in [2.05, 4.69) is 30.2 Å². The molecule has 24 heteroatoms. The van der Waals surface area contributed by atoms with Crippen LogP contribution in [0.2, 0.25) is 0 Å². The number of Topliss-reactive ketones (excluding diaryl/α,β-unsaturated/α-hetero) is 3. The lowest BCUT2D eigenvalue weighted by atomic mass is 10.3. The maximum atomic E-state index is 11.2. The van der Waals surface area contributed by atoms with Gasteiger partial charge in [-0.05, 0) is 18.2 Å². The molecule has 0 unspecified atom stereocenters. The van der Waals surface area contributed by atoms with E-state index < -0.39 is 0 Å². The molecule has 0 aliphatic carbocycles. The first-order chi connectivity index (χ1) is 33.3. The summed E-state index contributed by atoms with van der Waals surface area (Å²) in [7, 11) is 4.82. The third-order valence-electron chi connectivity index (χ3n) is 8.75. The van der Waals surface area contributed by atoms with Gasteiger partial charge in [-0.15, -0.1) is 0 Å². The Balaban J connectivity index is 0.000000225. The second-order valence-corrected chi connectivity index (χ2v) is 14.0. The second kappa shape index (κ2) is 29.4. The van der Waals surface area contributed by atoms with Crippen LogP contribution in [0.4, 0.5) is 0 Å². The normalized spacial score (nSPS) is 10.7. The van der Waals surface area contributed by atoms with E-state index in [1.807, 2.05) is 0 Å². The number of methoxy groups -OCH3 is 3. The van der Waals surface area contributed by atoms with E-state index in [9.17, 15) is 29.7 Å². The molecule has 69 heavy (non-hydrogen) atoms. The molecule has 3 N–H and O–H groups in total. The van der Waals surface area contributed by atoms with Gasteiger partial charge in [0.1, 0.15) is 54.2 Å². The molecule has 0 spiro atoms. The molecule has 0 fully saturated rings. The molecule has 24 nitrogen and oxygen atoms in total. The van der Waals surface area contributed by atoms with Gasteiger partial charge in [-0.3, -0.25) is 14.4 Å². The SMILES string of the molecule is COCCOCCOc1cnc(-n2ccc(C(C)=O)n2)c(O)c1.COCCOCCOc1cnc(-n2ccc(C(C)=O)n2)c(O)c1.COCCOCCOc1cnc(-n2ccc(C(C)=O)n2)c(O)c1. The molecular formula is C45H57N9O15. The Hall–Kier alpha value is -7.35. The molecular weight excluding hydrogens is 907 g/mol. The Bertz CT molecular complexity index is 2240. The molecule has 6 aromatic heterocycles. The van der Waals surface area contributed by atoms with E-state index in [-0.39, 0.29) is 52.1 Å². The summed E-state index contributed by atoms with van der Waals surface area (Å²) in [5.74, 6) is 1.17. The Kier molecular flexibility index (Phi) is 23.1. The third kappa shape index (κ3) is 18.3. The van der Waals surface area contributed by atoms with Gasteiger partial charge in [0.15, 0.2) is 52.1 Å². The van der Waals surface area contributed by atoms with E-state index in [0.717, 1.165) is 0 Å². The van der Waals surface area contributed by atoms with Crippen LogP contribution in [0, 0.1) is 0 Å². The lowest BCUT2D eigenvalue weighted by molar-refractivity contribution is 0.0543. The minimum absolute atomic E-state index is 0.0963. The van der Waals surface area contributed by atoms with Crippen LogP contribution in [-0.4, -0.2) is 178 Å². The van der Waals surface area contributed by atoms with Crippen molar-refractivity contribution < 1.29 is 72.3 Å². The van der Waals surface area contributed by atoms with Crippen LogP contribution in [0.1, 0.15) is 52.2 Å². The summed E-state index contributed by atoms with van der Waals surface area (Å²) in [6.07, 6.45) is 9.09. The maximum absolute atomic E-state index is 11.2. The molecule has 6 rings (SSSR count). The van der Waals surface area contributed by atoms with Crippen LogP contribution in [-0.2, 0) is 28.4 Å². The van der Waals surface area contributed by atoms with Gasteiger partial charge in [-0.2, -0.15) is 15.3 Å². The third-order valence-corrected chi connectivity index (χ3v) is 8.75. The minimum atomic E-state index is -0.156. The molecule has 372 valence electrons. The Morgan fingerprint density at radius 1 is 0.435 bits per heavy atom. The van der Waals surface area contributed by atoms with Crippen molar-refractivity contribution in [1.82, 2.24) is 44.3 Å². The zero-order valence-electron chi connectivity index (χ0n) is 39.2. The number of hydrogen-bond donors (Lipinski definition) is 3. The Morgan fingerprint density at radius 2 is 0.696 bits per heavy atom. The maximum Gasteiger partial charge on any atom is 0.196 e. The summed E-state index contributed by atoms with van der Waals surface area (Å²) in [4.78, 5) is 46.0. The predicted molar refractivity (Wildman–Crippen MR) is 244 cm³/mol. The molecule has 0 bridgehead atoms. The van der Waals surface area contributed by atoms with Gasteiger partial charge in [0.05, 0.1) is 78.1 Å². The van der Waals surface area contributed by atoms with Crippen LogP contribution >= 0.6 is 0 Å². The largest absolute Gasteiger partial charge is 0.504 e. The summed E-state index contributed by atoms with van der Waals surface area (Å²) in [5.41, 5.74) is 0.916. The summed E-state index contributed by atoms with van der Waals surface area (Å²) in [6.45, 7) is 9.59. The average molecular weight is 964 g/mol. The second-order valence-electron chi connectivity index (χ2n) is 14.0. The number of ether oxygens (including phenoxy) is 9. The molecule has 6 heterocycles. The molecule has 0 saturated heterocycles. The highest BCUT2D eigenvalue weighted by Crippen LogP contribution is 2.26. The van der Waals surface area contributed by atoms with Crippen molar-refractivity contribution in [2.75, 3.05) is 101 Å². The van der Waals surface area contributed by atoms with Crippen molar-refractivity contribution in [3.63, 3.8) is 0 Å². The Labute approximate surface area is 397 Å². The summed E-state index contributed by atoms with van der Waals surface area (Å²) in [6, 6.07) is 8.99. The van der Waals surface area contributed by atoms with Crippen LogP contribution in [0.25, 0.3) is 17.5 Å². The van der Waals surface area contributed by atoms with Gasteiger partial charge >= 0.3 is 0 Å². The molecule has 0 aliphatic rings. The lowest BCUT2D eigenvalue weighted by Crippen LogP contribution is -2.10. The number of rotatable bonds is 27. The summed E-state index contributed by atoms with van der Waals surface area (Å²) >= 11 is 0. The van der Waals surface area contributed by atoms with Gasteiger partial charge in [0, 0.05) is 78.9 Å². The average Bonchev–Trinajstić information content (AvgIpc) is 4.14. The van der Waals surface area contributed by atoms with Crippen molar-refractivity contribution >= 4 is 17.3 Å². The predicted octanol–water partition coefficient (Wildman–Crippen LogP) is 3.65. The highest BCUT2D eigenvalue weighted by molar-refractivity contribution is 5.92. The molecule has 0 saturated carbocycles. The summed E-state index contributed by atoms with van der Waals surface area (Å²) in [5, 5.41) is 42.2. The van der Waals surface area contributed by atoms with Crippen LogP contribution < -0.4 is 14.2 Å². The number of aromatic nitrogens is 9. The van der Waals surface area contributed by atoms with E-state index in [1.54, 1.807) is 58.1 Å². The molecule has 0 amide bonds. The van der Waals surface area contributed by atoms with Crippen molar-refractivity contribution in [1.29, 1.82) is 0 Å². The topological polar surface area (TPSA) is 287 Å². The van der Waals surface area contributed by atoms with E-state index in [4.69, 9.17) is 42.6 Å². The number of carbonyl (C=O) groups excluding carboxylic acids is 3. The number of nitrogens with zero attached hydrogens (tertiary/aromatic N) is 9. The molecule has 0 radical (unpaired) electrons. The number of aromatic hydroxyl groups is 3. The van der Waals surface area contributed by atoms with Crippen molar-refractivity contribution in [2.24, 2.45) is 0 Å². The van der Waals surface area contributed by atoms with Gasteiger partial charge in [0.2, 0.25) is 0 Å². The summed E-state index contributed by atoms with van der Waals surface area (Å²) < 4.78 is 50.7. The fraction of sp³-hybridized carbons (Fsp3) is 0.400. The van der Waals surface area contributed by atoms with Gasteiger partial charge in [0.25, 0.3) is 0 Å². The fourth-order valence-corrected chi connectivity index (χ4v) is 5.33. The van der Waals surface area contributed by atoms with Crippen LogP contribution in [0.15, 0.2) is 73.6 Å². The van der Waals surface area contributed by atoms with Gasteiger partial charge < -0.3 is 58.0 Å². The van der Waals surface area contributed by atoms with Gasteiger partial charge in [-0.1, -0.05) is 0 Å². The lowest BCUT2D eigenvalue weighted by Gasteiger charge is -2.09. The first kappa shape index (κ1) is 54.3. The number of ketones is 3. The molecule has 0 aliphatic heterocycles. The zero-order chi connectivity index (χ0) is 50.0. The van der Waals surface area contributed by atoms with Crippen LogP contribution in [0.3, 0.4) is 0 Å². The number of pyridine rings is 3. The van der Waals surface area contributed by atoms with E-state index in [1.165, 1.54) is 71.6 Å². The first-order valence-electron chi connectivity index (χ1n) is 21.2. The van der Waals surface area contributed by atoms with Crippen molar-refractivity contribution in [3.05, 3.63) is 90.7 Å². The standard InChI is InChI=1S/3C15H19N3O5/c3*1-11(19)13-3-4-18(17-13)15-14(20)9-12(10-16-15)23-8-7-22-6-5-21-2/h3*3-4,9-10,20H,5-8H2,1-2H3. The van der Waals surface area contributed by atoms with E-state index in [0.29, 0.717) is 114 Å². The minimum Gasteiger partial charge on any atom is -0.504 e. The monoisotopic (exact) mass is 963 g/mol. The van der Waals surface area contributed by atoms with E-state index >= 15 is 0 Å². The number of carbonyl (C=O) groups is 3. The van der Waals surface area contributed by atoms with Gasteiger partial charge in [-0.25, -0.2) is 29.0 Å². The highest BCUT2D eigenvalue weighted by atomic mass is 16.6. The highest BCUT2D eigenvalue weighted by Gasteiger charge is 2.14. The van der Waals surface area contributed by atoms with Crippen LogP contribution in [0.5, 0.6) is 34.5 Å². The zero-order valence-corrected chi connectivity index (χ0v) is 39.2. The van der Waals surface area contributed by atoms with Crippen molar-refractivity contribution in [3.8, 4) is 52.0 Å². The molecule has 0 aromatic carbocycles. The van der Waals surface area contributed by atoms with Crippen molar-refractivity contribution in [2.45, 2.75) is 20.8 Å². The number of hydrogen-bond acceptors (Lipinski definition) is 21. The first-order valence-corrected chi connectivity index (χ1v) is 21.2.